The number of fused-ring (bicyclic) bond motifs is 1. The molecule has 1 unspecified atom stereocenters. The van der Waals surface area contributed by atoms with E-state index in [1.165, 1.54) is 0 Å². The summed E-state index contributed by atoms with van der Waals surface area (Å²) in [6.07, 6.45) is -2.60. The Morgan fingerprint density at radius 1 is 1.27 bits per heavy atom. The van der Waals surface area contributed by atoms with E-state index in [2.05, 4.69) is 0 Å². The van der Waals surface area contributed by atoms with Gasteiger partial charge in [0.15, 0.2) is 0 Å². The molecule has 3 nitrogen and oxygen atoms in total. The second-order valence-electron chi connectivity index (χ2n) is 3.17. The molecule has 0 amide bonds. The number of benzene rings is 1. The van der Waals surface area contributed by atoms with Crippen LogP contribution >= 0.6 is 0 Å². The highest BCUT2D eigenvalue weighted by atomic mass is 19.3. The molecule has 1 aromatic heterocycles. The molecule has 0 saturated heterocycles. The van der Waals surface area contributed by atoms with Gasteiger partial charge in [-0.1, -0.05) is 18.2 Å². The van der Waals surface area contributed by atoms with Crippen LogP contribution < -0.4 is 11.3 Å². The van der Waals surface area contributed by atoms with Gasteiger partial charge in [0, 0.05) is 5.39 Å². The Hall–Kier alpha value is -1.46. The topological polar surface area (TPSA) is 51.2 Å². The lowest BCUT2D eigenvalue weighted by atomic mass is 10.2. The smallest absolute Gasteiger partial charge is 0.262 e. The Bertz CT molecular complexity index is 422. The molecular formula is C10H10F2N2O. The third-order valence-corrected chi connectivity index (χ3v) is 2.18. The summed E-state index contributed by atoms with van der Waals surface area (Å²) in [5, 5.41) is 0.786. The van der Waals surface area contributed by atoms with E-state index in [4.69, 9.17) is 10.3 Å². The Balaban J connectivity index is 2.43. The van der Waals surface area contributed by atoms with Crippen LogP contribution in [0.4, 0.5) is 8.78 Å². The zero-order valence-corrected chi connectivity index (χ0v) is 7.78. The number of para-hydroxylation sites is 1. The number of hydrogen-bond donors (Lipinski definition) is 2. The van der Waals surface area contributed by atoms with Crippen LogP contribution in [0, 0.1) is 0 Å². The molecule has 0 radical (unpaired) electrons. The van der Waals surface area contributed by atoms with Gasteiger partial charge in [-0.15, -0.1) is 0 Å². The molecule has 0 fully saturated rings. The van der Waals surface area contributed by atoms with Crippen molar-refractivity contribution in [3.8, 4) is 0 Å². The molecule has 2 aromatic rings. The highest BCUT2D eigenvalue weighted by molar-refractivity contribution is 5.77. The molecular weight excluding hydrogens is 202 g/mol. The van der Waals surface area contributed by atoms with Gasteiger partial charge in [0.05, 0.1) is 0 Å². The highest BCUT2D eigenvalue weighted by Gasteiger charge is 2.24. The fourth-order valence-electron chi connectivity index (χ4n) is 1.43. The monoisotopic (exact) mass is 212 g/mol. The maximum absolute atomic E-state index is 12.5. The first-order valence-corrected chi connectivity index (χ1v) is 4.45. The number of rotatable bonds is 3. The lowest BCUT2D eigenvalue weighted by Gasteiger charge is -2.10. The van der Waals surface area contributed by atoms with Crippen LogP contribution in [0.2, 0.25) is 0 Å². The maximum atomic E-state index is 12.5. The normalized spacial score (nSPS) is 13.6. The number of nitrogens with two attached hydrogens (primary N) is 1. The lowest BCUT2D eigenvalue weighted by molar-refractivity contribution is 0.0890. The molecule has 0 bridgehead atoms. The number of nitrogens with one attached hydrogen (secondary N) is 1. The van der Waals surface area contributed by atoms with Crippen molar-refractivity contribution >= 4 is 11.0 Å². The molecule has 15 heavy (non-hydrogen) atoms. The van der Waals surface area contributed by atoms with E-state index in [1.54, 1.807) is 24.3 Å². The summed E-state index contributed by atoms with van der Waals surface area (Å²) in [6, 6.07) is 7.40. The number of furan rings is 1. The second kappa shape index (κ2) is 3.96. The minimum atomic E-state index is -2.60. The molecule has 0 aliphatic rings. The summed E-state index contributed by atoms with van der Waals surface area (Å²) < 4.78 is 30.3. The molecule has 0 saturated carbocycles. The van der Waals surface area contributed by atoms with Crippen molar-refractivity contribution in [2.75, 3.05) is 0 Å². The van der Waals surface area contributed by atoms with Gasteiger partial charge in [-0.2, -0.15) is 0 Å². The summed E-state index contributed by atoms with van der Waals surface area (Å²) in [7, 11) is 0. The van der Waals surface area contributed by atoms with Crippen LogP contribution in [0.15, 0.2) is 34.7 Å². The van der Waals surface area contributed by atoms with Gasteiger partial charge in [0.25, 0.3) is 6.43 Å². The molecule has 2 rings (SSSR count). The summed E-state index contributed by atoms with van der Waals surface area (Å²) in [4.78, 5) is 0. The van der Waals surface area contributed by atoms with Gasteiger partial charge < -0.3 is 4.42 Å². The van der Waals surface area contributed by atoms with Crippen LogP contribution in [-0.4, -0.2) is 6.43 Å². The van der Waals surface area contributed by atoms with Crippen molar-refractivity contribution in [3.63, 3.8) is 0 Å². The van der Waals surface area contributed by atoms with Gasteiger partial charge in [0.1, 0.15) is 17.4 Å². The highest BCUT2D eigenvalue weighted by Crippen LogP contribution is 2.26. The van der Waals surface area contributed by atoms with E-state index < -0.39 is 12.5 Å². The minimum absolute atomic E-state index is 0.147. The third kappa shape index (κ3) is 1.84. The van der Waals surface area contributed by atoms with Crippen LogP contribution in [0.1, 0.15) is 11.8 Å². The Labute approximate surface area is 84.8 Å². The second-order valence-corrected chi connectivity index (χ2v) is 3.17. The average Bonchev–Trinajstić information content (AvgIpc) is 2.61. The molecule has 1 heterocycles. The maximum Gasteiger partial charge on any atom is 0.262 e. The number of hydrazine groups is 1. The van der Waals surface area contributed by atoms with Gasteiger partial charge in [-0.25, -0.2) is 14.2 Å². The Morgan fingerprint density at radius 3 is 2.60 bits per heavy atom. The van der Waals surface area contributed by atoms with E-state index in [9.17, 15) is 8.78 Å². The quantitative estimate of drug-likeness (QED) is 0.605. The Kier molecular flexibility index (Phi) is 2.66. The van der Waals surface area contributed by atoms with Crippen molar-refractivity contribution in [1.29, 1.82) is 0 Å². The predicted molar refractivity (Wildman–Crippen MR) is 52.3 cm³/mol. The van der Waals surface area contributed by atoms with E-state index in [0.717, 1.165) is 5.39 Å². The molecule has 1 atom stereocenters. The number of hydrogen-bond acceptors (Lipinski definition) is 3. The van der Waals surface area contributed by atoms with Crippen molar-refractivity contribution in [3.05, 3.63) is 36.1 Å². The summed E-state index contributed by atoms with van der Waals surface area (Å²) in [5.74, 6) is 5.18. The van der Waals surface area contributed by atoms with Gasteiger partial charge in [-0.05, 0) is 12.1 Å². The standard InChI is InChI=1S/C10H10F2N2O/c11-10(12)9(14-13)8-5-6-3-1-2-4-7(6)15-8/h1-5,9-10,14H,13H2. The molecule has 3 N–H and O–H groups in total. The molecule has 0 spiro atoms. The van der Waals surface area contributed by atoms with Crippen LogP contribution in [0.5, 0.6) is 0 Å². The SMILES string of the molecule is NNC(c1cc2ccccc2o1)C(F)F. The first-order valence-electron chi connectivity index (χ1n) is 4.45. The van der Waals surface area contributed by atoms with Crippen molar-refractivity contribution < 1.29 is 13.2 Å². The predicted octanol–water partition coefficient (Wildman–Crippen LogP) is 2.20. The molecule has 5 heteroatoms. The molecule has 1 aromatic carbocycles. The van der Waals surface area contributed by atoms with Gasteiger partial charge in [0.2, 0.25) is 0 Å². The molecule has 0 aliphatic carbocycles. The molecule has 0 aliphatic heterocycles. The zero-order chi connectivity index (χ0) is 10.8. The largest absolute Gasteiger partial charge is 0.459 e. The minimum Gasteiger partial charge on any atom is -0.459 e. The number of halogens is 2. The van der Waals surface area contributed by atoms with E-state index in [-0.39, 0.29) is 5.76 Å². The van der Waals surface area contributed by atoms with E-state index in [0.29, 0.717) is 5.58 Å². The van der Waals surface area contributed by atoms with Crippen molar-refractivity contribution in [2.24, 2.45) is 5.84 Å². The first kappa shape index (κ1) is 10.1. The number of alkyl halides is 2. The van der Waals surface area contributed by atoms with E-state index >= 15 is 0 Å². The van der Waals surface area contributed by atoms with Crippen molar-refractivity contribution in [2.45, 2.75) is 12.5 Å². The van der Waals surface area contributed by atoms with Crippen LogP contribution in [0.3, 0.4) is 0 Å². The third-order valence-electron chi connectivity index (χ3n) is 2.18. The summed E-state index contributed by atoms with van der Waals surface area (Å²) in [6.45, 7) is 0. The Morgan fingerprint density at radius 2 is 2.00 bits per heavy atom. The van der Waals surface area contributed by atoms with Crippen LogP contribution in [-0.2, 0) is 0 Å². The van der Waals surface area contributed by atoms with Gasteiger partial charge >= 0.3 is 0 Å². The van der Waals surface area contributed by atoms with Crippen LogP contribution in [0.25, 0.3) is 11.0 Å². The average molecular weight is 212 g/mol. The molecule has 80 valence electrons. The first-order chi connectivity index (χ1) is 7.22. The summed E-state index contributed by atoms with van der Waals surface area (Å²) >= 11 is 0. The fraction of sp³-hybridized carbons (Fsp3) is 0.200. The lowest BCUT2D eigenvalue weighted by Crippen LogP contribution is -2.32. The van der Waals surface area contributed by atoms with Crippen molar-refractivity contribution in [1.82, 2.24) is 5.43 Å². The zero-order valence-electron chi connectivity index (χ0n) is 7.78. The fourth-order valence-corrected chi connectivity index (χ4v) is 1.43. The summed E-state index contributed by atoms with van der Waals surface area (Å²) in [5.41, 5.74) is 2.61. The van der Waals surface area contributed by atoms with E-state index in [1.807, 2.05) is 11.5 Å². The van der Waals surface area contributed by atoms with Gasteiger partial charge in [-0.3, -0.25) is 5.84 Å².